The number of amides is 1. The van der Waals surface area contributed by atoms with Crippen LogP contribution in [0.15, 0.2) is 36.5 Å². The maximum atomic E-state index is 13.0. The summed E-state index contributed by atoms with van der Waals surface area (Å²) in [6, 6.07) is 9.76. The summed E-state index contributed by atoms with van der Waals surface area (Å²) in [6.45, 7) is 6.06. The van der Waals surface area contributed by atoms with Crippen molar-refractivity contribution in [3.05, 3.63) is 53.9 Å². The minimum absolute atomic E-state index is 0.0489. The fraction of sp³-hybridized carbons (Fsp3) is 0.333. The van der Waals surface area contributed by atoms with Crippen molar-refractivity contribution in [2.45, 2.75) is 32.9 Å². The third-order valence-electron chi connectivity index (χ3n) is 4.46. The highest BCUT2D eigenvalue weighted by Gasteiger charge is 2.27. The zero-order valence-electron chi connectivity index (χ0n) is 13.8. The second-order valence-electron chi connectivity index (χ2n) is 6.39. The van der Waals surface area contributed by atoms with Crippen molar-refractivity contribution in [3.8, 4) is 0 Å². The van der Waals surface area contributed by atoms with Gasteiger partial charge in [-0.05, 0) is 11.5 Å². The van der Waals surface area contributed by atoms with Crippen LogP contribution in [0, 0.1) is 0 Å². The Morgan fingerprint density at radius 3 is 2.79 bits per heavy atom. The van der Waals surface area contributed by atoms with Crippen LogP contribution in [0.25, 0.3) is 10.8 Å². The molecule has 2 aromatic heterocycles. The fourth-order valence-electron chi connectivity index (χ4n) is 3.22. The van der Waals surface area contributed by atoms with Crippen LogP contribution < -0.4 is 0 Å². The van der Waals surface area contributed by atoms with Gasteiger partial charge in [-0.3, -0.25) is 9.78 Å². The Labute approximate surface area is 140 Å². The van der Waals surface area contributed by atoms with Gasteiger partial charge in [0.05, 0.1) is 6.54 Å². The van der Waals surface area contributed by atoms with Crippen molar-refractivity contribution >= 4 is 16.7 Å². The second-order valence-corrected chi connectivity index (χ2v) is 6.39. The van der Waals surface area contributed by atoms with E-state index < -0.39 is 0 Å². The number of benzene rings is 1. The van der Waals surface area contributed by atoms with Crippen molar-refractivity contribution in [3.63, 3.8) is 0 Å². The first-order valence-corrected chi connectivity index (χ1v) is 8.20. The summed E-state index contributed by atoms with van der Waals surface area (Å²) in [5.41, 5.74) is 0.505. The Kier molecular flexibility index (Phi) is 3.52. The average molecular weight is 321 g/mol. The van der Waals surface area contributed by atoms with E-state index in [0.29, 0.717) is 24.7 Å². The van der Waals surface area contributed by atoms with Gasteiger partial charge in [-0.2, -0.15) is 0 Å². The molecule has 6 heteroatoms. The number of hydrogen-bond donors (Lipinski definition) is 0. The number of hydrogen-bond acceptors (Lipinski definition) is 4. The second kappa shape index (κ2) is 5.70. The minimum atomic E-state index is -0.0489. The zero-order valence-corrected chi connectivity index (χ0v) is 13.8. The Morgan fingerprint density at radius 2 is 1.96 bits per heavy atom. The van der Waals surface area contributed by atoms with E-state index in [1.54, 1.807) is 6.20 Å². The highest BCUT2D eigenvalue weighted by atomic mass is 16.2. The Hall–Kier alpha value is -2.76. The van der Waals surface area contributed by atoms with E-state index >= 15 is 0 Å². The van der Waals surface area contributed by atoms with Crippen LogP contribution in [0.2, 0.25) is 0 Å². The van der Waals surface area contributed by atoms with Crippen LogP contribution in [-0.4, -0.2) is 37.1 Å². The molecule has 1 aromatic carbocycles. The van der Waals surface area contributed by atoms with Gasteiger partial charge in [0.15, 0.2) is 5.82 Å². The summed E-state index contributed by atoms with van der Waals surface area (Å²) in [7, 11) is 0. The van der Waals surface area contributed by atoms with Crippen molar-refractivity contribution < 1.29 is 4.79 Å². The van der Waals surface area contributed by atoms with E-state index in [0.717, 1.165) is 29.0 Å². The summed E-state index contributed by atoms with van der Waals surface area (Å²) in [4.78, 5) is 19.1. The predicted octanol–water partition coefficient (Wildman–Crippen LogP) is 2.61. The number of carbonyl (C=O) groups excluding carboxylic acids is 1. The molecule has 0 saturated carbocycles. The number of rotatable bonds is 2. The number of nitrogens with zero attached hydrogens (tertiary/aromatic N) is 5. The Balaban J connectivity index is 1.66. The third-order valence-corrected chi connectivity index (χ3v) is 4.46. The molecule has 3 aromatic rings. The van der Waals surface area contributed by atoms with Gasteiger partial charge in [0.2, 0.25) is 0 Å². The molecule has 3 heterocycles. The molecule has 1 amide bonds. The topological polar surface area (TPSA) is 63.9 Å². The van der Waals surface area contributed by atoms with Gasteiger partial charge in [0.1, 0.15) is 11.5 Å². The first-order valence-electron chi connectivity index (χ1n) is 8.20. The van der Waals surface area contributed by atoms with Gasteiger partial charge in [0.25, 0.3) is 5.91 Å². The third kappa shape index (κ3) is 2.35. The molecular weight excluding hydrogens is 302 g/mol. The molecule has 0 saturated heterocycles. The van der Waals surface area contributed by atoms with E-state index in [2.05, 4.69) is 33.6 Å². The van der Waals surface area contributed by atoms with Crippen LogP contribution in [0.3, 0.4) is 0 Å². The van der Waals surface area contributed by atoms with Crippen LogP contribution in [0.5, 0.6) is 0 Å². The summed E-state index contributed by atoms with van der Waals surface area (Å²) >= 11 is 0. The van der Waals surface area contributed by atoms with Crippen LogP contribution >= 0.6 is 0 Å². The molecule has 24 heavy (non-hydrogen) atoms. The molecule has 0 bridgehead atoms. The summed E-state index contributed by atoms with van der Waals surface area (Å²) < 4.78 is 2.13. The van der Waals surface area contributed by atoms with Crippen molar-refractivity contribution in [1.82, 2.24) is 24.6 Å². The summed E-state index contributed by atoms with van der Waals surface area (Å²) in [5.74, 6) is 2.11. The molecule has 6 nitrogen and oxygen atoms in total. The predicted molar refractivity (Wildman–Crippen MR) is 90.6 cm³/mol. The van der Waals surface area contributed by atoms with Gasteiger partial charge in [-0.15, -0.1) is 10.2 Å². The van der Waals surface area contributed by atoms with Crippen LogP contribution in [-0.2, 0) is 13.1 Å². The van der Waals surface area contributed by atoms with Crippen LogP contribution in [0.4, 0.5) is 0 Å². The Bertz CT molecular complexity index is 909. The number of fused-ring (bicyclic) bond motifs is 2. The lowest BCUT2D eigenvalue weighted by molar-refractivity contribution is 0.0702. The standard InChI is InChI=1S/C18H19N5O/c1-12(2)17-21-20-15-11-22(9-10-23(15)17)18(24)16-14-6-4-3-5-13(14)7-8-19-16/h3-8,12H,9-11H2,1-2H3. The molecule has 4 rings (SSSR count). The van der Waals surface area contributed by atoms with Gasteiger partial charge in [-0.25, -0.2) is 0 Å². The maximum Gasteiger partial charge on any atom is 0.273 e. The van der Waals surface area contributed by atoms with E-state index in [4.69, 9.17) is 0 Å². The summed E-state index contributed by atoms with van der Waals surface area (Å²) in [6.07, 6.45) is 1.69. The Morgan fingerprint density at radius 1 is 1.12 bits per heavy atom. The average Bonchev–Trinajstić information content (AvgIpc) is 3.04. The SMILES string of the molecule is CC(C)c1nnc2n1CCN(C(=O)c1nccc3ccccc13)C2. The van der Waals surface area contributed by atoms with E-state index in [1.807, 2.05) is 35.2 Å². The molecule has 1 aliphatic heterocycles. The van der Waals surface area contributed by atoms with E-state index in [1.165, 1.54) is 0 Å². The summed E-state index contributed by atoms with van der Waals surface area (Å²) in [5, 5.41) is 10.5. The highest BCUT2D eigenvalue weighted by Crippen LogP contribution is 2.22. The molecule has 122 valence electrons. The van der Waals surface area contributed by atoms with Crippen molar-refractivity contribution in [1.29, 1.82) is 0 Å². The van der Waals surface area contributed by atoms with Crippen molar-refractivity contribution in [2.24, 2.45) is 0 Å². The van der Waals surface area contributed by atoms with Gasteiger partial charge in [-0.1, -0.05) is 38.1 Å². The molecule has 0 atom stereocenters. The molecule has 0 aliphatic carbocycles. The highest BCUT2D eigenvalue weighted by molar-refractivity contribution is 6.05. The van der Waals surface area contributed by atoms with E-state index in [9.17, 15) is 4.79 Å². The largest absolute Gasteiger partial charge is 0.328 e. The lowest BCUT2D eigenvalue weighted by atomic mass is 10.1. The smallest absolute Gasteiger partial charge is 0.273 e. The number of aromatic nitrogens is 4. The zero-order chi connectivity index (χ0) is 16.7. The monoisotopic (exact) mass is 321 g/mol. The molecule has 0 spiro atoms. The van der Waals surface area contributed by atoms with Gasteiger partial charge >= 0.3 is 0 Å². The fourth-order valence-corrected chi connectivity index (χ4v) is 3.22. The number of pyridine rings is 1. The molecule has 0 N–H and O–H groups in total. The van der Waals surface area contributed by atoms with E-state index in [-0.39, 0.29) is 5.91 Å². The lowest BCUT2D eigenvalue weighted by Crippen LogP contribution is -2.39. The first-order chi connectivity index (χ1) is 11.6. The maximum absolute atomic E-state index is 13.0. The number of carbonyl (C=O) groups is 1. The normalized spacial score (nSPS) is 14.2. The quantitative estimate of drug-likeness (QED) is 0.728. The first kappa shape index (κ1) is 14.8. The van der Waals surface area contributed by atoms with Crippen LogP contribution in [0.1, 0.15) is 41.9 Å². The molecule has 0 fully saturated rings. The molecular formula is C18H19N5O. The lowest BCUT2D eigenvalue weighted by Gasteiger charge is -2.28. The van der Waals surface area contributed by atoms with Gasteiger partial charge < -0.3 is 9.47 Å². The minimum Gasteiger partial charge on any atom is -0.328 e. The molecule has 0 radical (unpaired) electrons. The molecule has 0 unspecified atom stereocenters. The van der Waals surface area contributed by atoms with Gasteiger partial charge in [0, 0.05) is 30.6 Å². The molecule has 1 aliphatic rings. The van der Waals surface area contributed by atoms with Crippen molar-refractivity contribution in [2.75, 3.05) is 6.54 Å².